The molecule has 0 aromatic heterocycles. The molecule has 2 aromatic rings. The highest BCUT2D eigenvalue weighted by molar-refractivity contribution is 7.91. The number of alkyl halides is 3. The number of hydrogen-bond acceptors (Lipinski definition) is 3. The van der Waals surface area contributed by atoms with Crippen LogP contribution >= 0.6 is 0 Å². The van der Waals surface area contributed by atoms with Crippen LogP contribution in [0.4, 0.5) is 29.3 Å². The number of fused-ring (bicyclic) bond motifs is 1. The lowest BCUT2D eigenvalue weighted by atomic mass is 10.1. The predicted octanol–water partition coefficient (Wildman–Crippen LogP) is 3.63. The molecule has 0 radical (unpaired) electrons. The number of hydrogen-bond donors (Lipinski definition) is 0. The first-order chi connectivity index (χ1) is 13.1. The largest absolute Gasteiger partial charge is 0.416 e. The Labute approximate surface area is 160 Å². The summed E-state index contributed by atoms with van der Waals surface area (Å²) < 4.78 is 63.8. The van der Waals surface area contributed by atoms with E-state index in [2.05, 4.69) is 0 Å². The lowest BCUT2D eigenvalue weighted by Crippen LogP contribution is -2.38. The third-order valence-electron chi connectivity index (χ3n) is 5.13. The highest BCUT2D eigenvalue weighted by atomic mass is 32.2. The third kappa shape index (κ3) is 3.13. The highest BCUT2D eigenvalue weighted by Gasteiger charge is 2.54. The second-order valence-electron chi connectivity index (χ2n) is 7.12. The van der Waals surface area contributed by atoms with Crippen molar-refractivity contribution in [1.29, 1.82) is 0 Å². The van der Waals surface area contributed by atoms with Crippen molar-refractivity contribution >= 4 is 27.2 Å². The molecule has 28 heavy (non-hydrogen) atoms. The molecule has 4 rings (SSSR count). The van der Waals surface area contributed by atoms with Crippen LogP contribution < -0.4 is 9.80 Å². The van der Waals surface area contributed by atoms with E-state index in [1.807, 2.05) is 6.92 Å². The maximum Gasteiger partial charge on any atom is 0.416 e. The van der Waals surface area contributed by atoms with Gasteiger partial charge in [-0.3, -0.25) is 9.80 Å². The Balaban J connectivity index is 1.80. The number of urea groups is 1. The van der Waals surface area contributed by atoms with Crippen molar-refractivity contribution in [2.45, 2.75) is 25.2 Å². The number of anilines is 2. The number of sulfone groups is 1. The molecule has 2 heterocycles. The molecule has 2 amide bonds. The van der Waals surface area contributed by atoms with Gasteiger partial charge in [-0.15, -0.1) is 0 Å². The van der Waals surface area contributed by atoms with Crippen LogP contribution in [0, 0.1) is 6.92 Å². The summed E-state index contributed by atoms with van der Waals surface area (Å²) in [5.41, 5.74) is 0.656. The Morgan fingerprint density at radius 1 is 0.929 bits per heavy atom. The normalized spacial score (nSPS) is 23.9. The summed E-state index contributed by atoms with van der Waals surface area (Å²) in [5.74, 6) is -0.491. The van der Waals surface area contributed by atoms with Gasteiger partial charge in [0.05, 0.1) is 29.2 Å². The lowest BCUT2D eigenvalue weighted by Gasteiger charge is -2.23. The van der Waals surface area contributed by atoms with Crippen molar-refractivity contribution in [2.24, 2.45) is 0 Å². The molecule has 0 aliphatic carbocycles. The van der Waals surface area contributed by atoms with Crippen molar-refractivity contribution < 1.29 is 26.4 Å². The van der Waals surface area contributed by atoms with Crippen LogP contribution in [0.3, 0.4) is 0 Å². The smallest absolute Gasteiger partial charge is 0.288 e. The molecule has 2 aliphatic heterocycles. The average molecular weight is 410 g/mol. The van der Waals surface area contributed by atoms with Crippen LogP contribution in [0.1, 0.15) is 11.1 Å². The minimum atomic E-state index is -4.56. The minimum absolute atomic E-state index is 0.0431. The molecule has 0 saturated carbocycles. The minimum Gasteiger partial charge on any atom is -0.288 e. The van der Waals surface area contributed by atoms with E-state index in [0.29, 0.717) is 5.69 Å². The molecule has 2 atom stereocenters. The maximum atomic E-state index is 13.2. The number of rotatable bonds is 2. The van der Waals surface area contributed by atoms with Crippen molar-refractivity contribution in [3.8, 4) is 0 Å². The number of carbonyl (C=O) groups excluding carboxylic acids is 1. The molecule has 0 unspecified atom stereocenters. The zero-order chi connectivity index (χ0) is 20.3. The van der Waals surface area contributed by atoms with E-state index in [0.717, 1.165) is 17.7 Å². The van der Waals surface area contributed by atoms with Crippen LogP contribution in [0.2, 0.25) is 0 Å². The van der Waals surface area contributed by atoms with Gasteiger partial charge in [0, 0.05) is 11.4 Å². The van der Waals surface area contributed by atoms with E-state index in [1.54, 1.807) is 24.3 Å². The quantitative estimate of drug-likeness (QED) is 0.711. The summed E-state index contributed by atoms with van der Waals surface area (Å²) in [7, 11) is -3.42. The summed E-state index contributed by atoms with van der Waals surface area (Å²) in [4.78, 5) is 15.7. The summed E-state index contributed by atoms with van der Waals surface area (Å²) in [6.07, 6.45) is -4.56. The van der Waals surface area contributed by atoms with Gasteiger partial charge < -0.3 is 0 Å². The lowest BCUT2D eigenvalue weighted by molar-refractivity contribution is -0.137. The molecule has 0 N–H and O–H groups in total. The van der Waals surface area contributed by atoms with Crippen LogP contribution in [0.5, 0.6) is 0 Å². The molecule has 2 saturated heterocycles. The Morgan fingerprint density at radius 2 is 1.50 bits per heavy atom. The highest BCUT2D eigenvalue weighted by Crippen LogP contribution is 2.39. The number of carbonyl (C=O) groups is 1. The van der Waals surface area contributed by atoms with E-state index in [9.17, 15) is 26.4 Å². The molecule has 2 aromatic carbocycles. The van der Waals surface area contributed by atoms with Crippen molar-refractivity contribution in [3.63, 3.8) is 0 Å². The van der Waals surface area contributed by atoms with Gasteiger partial charge in [0.15, 0.2) is 9.84 Å². The summed E-state index contributed by atoms with van der Waals surface area (Å²) >= 11 is 0. The fraction of sp³-hybridized carbons (Fsp3) is 0.316. The molecular formula is C19H17F3N2O3S. The van der Waals surface area contributed by atoms with Crippen molar-refractivity contribution in [1.82, 2.24) is 0 Å². The molecule has 0 bridgehead atoms. The Bertz CT molecular complexity index is 1040. The Kier molecular flexibility index (Phi) is 4.18. The fourth-order valence-corrected chi connectivity index (χ4v) is 5.76. The number of benzene rings is 2. The zero-order valence-electron chi connectivity index (χ0n) is 14.8. The van der Waals surface area contributed by atoms with Crippen LogP contribution in [-0.4, -0.2) is 38.0 Å². The first kappa shape index (κ1) is 18.8. The van der Waals surface area contributed by atoms with Gasteiger partial charge in [0.1, 0.15) is 0 Å². The SMILES string of the molecule is Cc1ccc(N2C(=O)N(c3cccc(C(F)(F)F)c3)[C@@H]3CS(=O)(=O)C[C@H]32)cc1. The van der Waals surface area contributed by atoms with Gasteiger partial charge >= 0.3 is 12.2 Å². The van der Waals surface area contributed by atoms with Gasteiger partial charge in [0.2, 0.25) is 0 Å². The Hall–Kier alpha value is -2.55. The molecule has 2 aliphatic rings. The van der Waals surface area contributed by atoms with Crippen LogP contribution in [0.25, 0.3) is 0 Å². The van der Waals surface area contributed by atoms with E-state index in [1.165, 1.54) is 21.9 Å². The molecule has 0 spiro atoms. The van der Waals surface area contributed by atoms with Gasteiger partial charge in [-0.05, 0) is 37.3 Å². The molecule has 2 fully saturated rings. The third-order valence-corrected chi connectivity index (χ3v) is 6.83. The van der Waals surface area contributed by atoms with Gasteiger partial charge in [-0.1, -0.05) is 23.8 Å². The van der Waals surface area contributed by atoms with E-state index < -0.39 is 39.7 Å². The van der Waals surface area contributed by atoms with Crippen LogP contribution in [-0.2, 0) is 16.0 Å². The molecular weight excluding hydrogens is 393 g/mol. The molecule has 9 heteroatoms. The fourth-order valence-electron chi connectivity index (χ4n) is 3.84. The number of halogens is 3. The van der Waals surface area contributed by atoms with Crippen LogP contribution in [0.15, 0.2) is 48.5 Å². The average Bonchev–Trinajstić information content (AvgIpc) is 3.04. The standard InChI is InChI=1S/C19H17F3N2O3S/c1-12-5-7-14(8-6-12)23-16-10-28(26,27)11-17(16)24(18(23)25)15-4-2-3-13(9-15)19(20,21)22/h2-9,16-17H,10-11H2,1H3/t16-,17-/m1/s1. The number of amides is 2. The van der Waals surface area contributed by atoms with E-state index >= 15 is 0 Å². The number of aryl methyl sites for hydroxylation is 1. The molecule has 5 nitrogen and oxygen atoms in total. The number of nitrogens with zero attached hydrogens (tertiary/aromatic N) is 2. The zero-order valence-corrected chi connectivity index (χ0v) is 15.7. The second kappa shape index (κ2) is 6.23. The van der Waals surface area contributed by atoms with E-state index in [4.69, 9.17) is 0 Å². The monoisotopic (exact) mass is 410 g/mol. The summed E-state index contributed by atoms with van der Waals surface area (Å²) in [6, 6.07) is 9.55. The maximum absolute atomic E-state index is 13.2. The molecule has 148 valence electrons. The van der Waals surface area contributed by atoms with Gasteiger partial charge in [-0.25, -0.2) is 13.2 Å². The van der Waals surface area contributed by atoms with Gasteiger partial charge in [-0.2, -0.15) is 13.2 Å². The first-order valence-electron chi connectivity index (χ1n) is 8.64. The van der Waals surface area contributed by atoms with Crippen molar-refractivity contribution in [2.75, 3.05) is 21.3 Å². The van der Waals surface area contributed by atoms with Crippen molar-refractivity contribution in [3.05, 3.63) is 59.7 Å². The second-order valence-corrected chi connectivity index (χ2v) is 9.27. The van der Waals surface area contributed by atoms with E-state index in [-0.39, 0.29) is 17.2 Å². The first-order valence-corrected chi connectivity index (χ1v) is 10.5. The summed E-state index contributed by atoms with van der Waals surface area (Å²) in [5, 5.41) is 0. The topological polar surface area (TPSA) is 57.7 Å². The summed E-state index contributed by atoms with van der Waals surface area (Å²) in [6.45, 7) is 1.88. The van der Waals surface area contributed by atoms with Gasteiger partial charge in [0.25, 0.3) is 0 Å². The Morgan fingerprint density at radius 3 is 2.07 bits per heavy atom. The predicted molar refractivity (Wildman–Crippen MR) is 99.2 cm³/mol.